The van der Waals surface area contributed by atoms with Gasteiger partial charge in [-0.15, -0.1) is 0 Å². The van der Waals surface area contributed by atoms with Gasteiger partial charge in [0.05, 0.1) is 42.0 Å². The number of anilines is 1. The number of fused-ring (bicyclic) bond motifs is 1. The second-order valence-corrected chi connectivity index (χ2v) is 5.31. The first-order valence-corrected chi connectivity index (χ1v) is 7.34. The largest absolute Gasteiger partial charge is 0.467 e. The second kappa shape index (κ2) is 6.46. The molecular formula is C16H15F3N4O. The van der Waals surface area contributed by atoms with E-state index in [1.54, 1.807) is 0 Å². The fourth-order valence-electron chi connectivity index (χ4n) is 2.44. The Hall–Kier alpha value is -2.64. The van der Waals surface area contributed by atoms with Crippen LogP contribution in [0, 0.1) is 0 Å². The van der Waals surface area contributed by atoms with Gasteiger partial charge in [0.25, 0.3) is 0 Å². The topological polar surface area (TPSA) is 50.6 Å². The highest BCUT2D eigenvalue weighted by Gasteiger charge is 2.29. The molecule has 1 aliphatic heterocycles. The van der Waals surface area contributed by atoms with Gasteiger partial charge in [-0.05, 0) is 19.1 Å². The zero-order valence-corrected chi connectivity index (χ0v) is 12.9. The molecule has 0 aliphatic carbocycles. The summed E-state index contributed by atoms with van der Waals surface area (Å²) in [6, 6.07) is 7.62. The molecule has 0 radical (unpaired) electrons. The minimum absolute atomic E-state index is 0.109. The van der Waals surface area contributed by atoms with Crippen LogP contribution in [0.3, 0.4) is 0 Å². The Morgan fingerprint density at radius 3 is 2.71 bits per heavy atom. The number of halogens is 3. The Balaban J connectivity index is 1.74. The van der Waals surface area contributed by atoms with E-state index in [1.165, 1.54) is 12.4 Å². The van der Waals surface area contributed by atoms with Crippen LogP contribution in [0.1, 0.15) is 18.7 Å². The van der Waals surface area contributed by atoms with Gasteiger partial charge in [-0.2, -0.15) is 13.2 Å². The number of nitrogens with zero attached hydrogens (tertiary/aromatic N) is 4. The third kappa shape index (κ3) is 3.64. The average molecular weight is 336 g/mol. The van der Waals surface area contributed by atoms with Crippen molar-refractivity contribution in [3.63, 3.8) is 0 Å². The molecule has 0 saturated heterocycles. The van der Waals surface area contributed by atoms with Gasteiger partial charge in [0.1, 0.15) is 0 Å². The molecule has 1 aromatic carbocycles. The summed E-state index contributed by atoms with van der Waals surface area (Å²) in [6.07, 6.45) is 0.0593. The van der Waals surface area contributed by atoms with Crippen molar-refractivity contribution in [1.82, 2.24) is 9.97 Å². The molecule has 0 spiro atoms. The van der Waals surface area contributed by atoms with Crippen LogP contribution in [0.15, 0.2) is 41.7 Å². The van der Waals surface area contributed by atoms with Crippen molar-refractivity contribution >= 4 is 17.6 Å². The Bertz CT molecular complexity index is 731. The molecule has 0 fully saturated rings. The highest BCUT2D eigenvalue weighted by Crippen LogP contribution is 2.35. The molecule has 2 heterocycles. The first-order valence-electron chi connectivity index (χ1n) is 7.34. The molecule has 1 aromatic heterocycles. The molecule has 8 heteroatoms. The lowest BCUT2D eigenvalue weighted by Crippen LogP contribution is -2.31. The highest BCUT2D eigenvalue weighted by atomic mass is 19.4. The first-order chi connectivity index (χ1) is 11.4. The fraction of sp³-hybridized carbons (Fsp3) is 0.312. The molecule has 1 aliphatic rings. The first kappa shape index (κ1) is 16.2. The maximum atomic E-state index is 12.1. The second-order valence-electron chi connectivity index (χ2n) is 5.31. The summed E-state index contributed by atoms with van der Waals surface area (Å²) in [5, 5.41) is 0. The normalized spacial score (nSPS) is 15.1. The molecular weight excluding hydrogens is 321 g/mol. The van der Waals surface area contributed by atoms with Crippen LogP contribution in [-0.4, -0.2) is 35.5 Å². The van der Waals surface area contributed by atoms with E-state index in [4.69, 9.17) is 0 Å². The third-order valence-corrected chi connectivity index (χ3v) is 3.63. The molecule has 2 aromatic rings. The lowest BCUT2D eigenvalue weighted by molar-refractivity contribution is -0.154. The van der Waals surface area contributed by atoms with Crippen molar-refractivity contribution in [2.75, 3.05) is 18.1 Å². The minimum atomic E-state index is -4.40. The molecule has 3 rings (SSSR count). The van der Waals surface area contributed by atoms with Crippen LogP contribution in [0.5, 0.6) is 5.88 Å². The smallest absolute Gasteiger partial charge is 0.422 e. The van der Waals surface area contributed by atoms with Gasteiger partial charge in [-0.3, -0.25) is 9.98 Å². The van der Waals surface area contributed by atoms with Gasteiger partial charge in [-0.25, -0.2) is 4.98 Å². The van der Waals surface area contributed by atoms with Gasteiger partial charge >= 0.3 is 6.18 Å². The predicted molar refractivity (Wildman–Crippen MR) is 83.9 cm³/mol. The van der Waals surface area contributed by atoms with E-state index >= 15 is 0 Å². The molecule has 126 valence electrons. The number of aliphatic imine (C=N–C) groups is 1. The van der Waals surface area contributed by atoms with Gasteiger partial charge < -0.3 is 9.64 Å². The van der Waals surface area contributed by atoms with Crippen LogP contribution in [0.2, 0.25) is 0 Å². The zero-order chi connectivity index (χ0) is 17.2. The third-order valence-electron chi connectivity index (χ3n) is 3.63. The van der Waals surface area contributed by atoms with Crippen LogP contribution in [-0.2, 0) is 0 Å². The summed E-state index contributed by atoms with van der Waals surface area (Å²) in [4.78, 5) is 14.5. The van der Waals surface area contributed by atoms with E-state index in [0.29, 0.717) is 12.2 Å². The maximum Gasteiger partial charge on any atom is 0.422 e. The summed E-state index contributed by atoms with van der Waals surface area (Å²) < 4.78 is 41.0. The number of para-hydroxylation sites is 2. The lowest BCUT2D eigenvalue weighted by Gasteiger charge is -2.32. The zero-order valence-electron chi connectivity index (χ0n) is 12.9. The number of hydrogen-bond donors (Lipinski definition) is 0. The SMILES string of the molecule is C[C@H](c1cnc(OCC(F)(F)F)cn1)N1CC=Nc2ccccc21. The molecule has 0 unspecified atom stereocenters. The van der Waals surface area contributed by atoms with E-state index in [0.717, 1.165) is 11.4 Å². The van der Waals surface area contributed by atoms with Gasteiger partial charge in [0.2, 0.25) is 5.88 Å². The van der Waals surface area contributed by atoms with Crippen molar-refractivity contribution in [1.29, 1.82) is 0 Å². The van der Waals surface area contributed by atoms with Crippen molar-refractivity contribution in [2.24, 2.45) is 4.99 Å². The molecule has 5 nitrogen and oxygen atoms in total. The number of aromatic nitrogens is 2. The summed E-state index contributed by atoms with van der Waals surface area (Å²) in [5.74, 6) is -0.149. The number of benzene rings is 1. The molecule has 0 amide bonds. The van der Waals surface area contributed by atoms with Crippen molar-refractivity contribution < 1.29 is 17.9 Å². The van der Waals surface area contributed by atoms with Gasteiger partial charge in [0.15, 0.2) is 6.61 Å². The van der Waals surface area contributed by atoms with Crippen LogP contribution in [0.25, 0.3) is 0 Å². The molecule has 24 heavy (non-hydrogen) atoms. The van der Waals surface area contributed by atoms with E-state index in [1.807, 2.05) is 37.4 Å². The van der Waals surface area contributed by atoms with E-state index in [9.17, 15) is 13.2 Å². The van der Waals surface area contributed by atoms with E-state index in [-0.39, 0.29) is 11.9 Å². The Morgan fingerprint density at radius 2 is 2.00 bits per heavy atom. The van der Waals surface area contributed by atoms with Crippen molar-refractivity contribution in [3.05, 3.63) is 42.4 Å². The number of alkyl halides is 3. The number of hydrogen-bond acceptors (Lipinski definition) is 5. The summed E-state index contributed by atoms with van der Waals surface area (Å²) >= 11 is 0. The molecule has 0 bridgehead atoms. The van der Waals surface area contributed by atoms with Gasteiger partial charge in [-0.1, -0.05) is 12.1 Å². The Labute approximate surface area is 136 Å². The van der Waals surface area contributed by atoms with Gasteiger partial charge in [0, 0.05) is 6.21 Å². The van der Waals surface area contributed by atoms with Crippen LogP contribution in [0.4, 0.5) is 24.5 Å². The average Bonchev–Trinajstić information content (AvgIpc) is 2.59. The number of rotatable bonds is 4. The van der Waals surface area contributed by atoms with Crippen molar-refractivity contribution in [2.45, 2.75) is 19.1 Å². The van der Waals surface area contributed by atoms with Crippen molar-refractivity contribution in [3.8, 4) is 5.88 Å². The number of ether oxygens (including phenoxy) is 1. The fourth-order valence-corrected chi connectivity index (χ4v) is 2.44. The van der Waals surface area contributed by atoms with E-state index < -0.39 is 12.8 Å². The Kier molecular flexibility index (Phi) is 4.37. The van der Waals surface area contributed by atoms with Crippen LogP contribution < -0.4 is 9.64 Å². The van der Waals surface area contributed by atoms with Crippen LogP contribution >= 0.6 is 0 Å². The Morgan fingerprint density at radius 1 is 1.21 bits per heavy atom. The molecule has 0 N–H and O–H groups in total. The summed E-state index contributed by atoms with van der Waals surface area (Å²) in [6.45, 7) is 1.19. The quantitative estimate of drug-likeness (QED) is 0.854. The monoisotopic (exact) mass is 336 g/mol. The van der Waals surface area contributed by atoms with E-state index in [2.05, 4.69) is 24.6 Å². The maximum absolute atomic E-state index is 12.1. The standard InChI is InChI=1S/C16H15F3N4O/c1-11(23-7-6-20-12-4-2-3-5-14(12)23)13-8-22-15(9-21-13)24-10-16(17,18)19/h2-6,8-9,11H,7,10H2,1H3/t11-/m1/s1. The molecule has 1 atom stereocenters. The minimum Gasteiger partial charge on any atom is -0.467 e. The highest BCUT2D eigenvalue weighted by molar-refractivity contribution is 5.81. The molecule has 0 saturated carbocycles. The lowest BCUT2D eigenvalue weighted by atomic mass is 10.1. The summed E-state index contributed by atoms with van der Waals surface area (Å²) in [7, 11) is 0. The summed E-state index contributed by atoms with van der Waals surface area (Å²) in [5.41, 5.74) is 2.49. The predicted octanol–water partition coefficient (Wildman–Crippen LogP) is 3.70.